The largest absolute Gasteiger partial charge is 0.493 e. The number of urea groups is 1. The third-order valence-corrected chi connectivity index (χ3v) is 7.05. The Labute approximate surface area is 243 Å². The van der Waals surface area contributed by atoms with Gasteiger partial charge in [0, 0.05) is 0 Å². The van der Waals surface area contributed by atoms with Gasteiger partial charge in [-0.3, -0.25) is 14.9 Å². The first-order valence-electron chi connectivity index (χ1n) is 12.4. The number of hydrogen-bond acceptors (Lipinski definition) is 7. The molecule has 0 aromatic heterocycles. The second-order valence-electron chi connectivity index (χ2n) is 8.96. The lowest BCUT2D eigenvalue weighted by molar-refractivity contribution is -0.122. The van der Waals surface area contributed by atoms with Crippen molar-refractivity contribution in [1.82, 2.24) is 5.32 Å². The number of methoxy groups -OCH3 is 2. The van der Waals surface area contributed by atoms with Crippen LogP contribution in [-0.4, -0.2) is 38.0 Å². The van der Waals surface area contributed by atoms with Crippen LogP contribution >= 0.6 is 15.9 Å². The number of anilines is 1. The number of rotatable bonds is 7. The fourth-order valence-corrected chi connectivity index (χ4v) is 5.03. The van der Waals surface area contributed by atoms with Gasteiger partial charge in [0.2, 0.25) is 0 Å². The van der Waals surface area contributed by atoms with Crippen LogP contribution in [0, 0.1) is 0 Å². The SMILES string of the molecule is COC(=O)c1ccc(N2C(=O)NC(=O)/C(=C\c3cc(Br)c(OCc4cccc5ccccc45)c(OC)c3)C2=O)cc1. The van der Waals surface area contributed by atoms with Crippen LogP contribution in [0.25, 0.3) is 16.8 Å². The maximum Gasteiger partial charge on any atom is 0.337 e. The molecule has 4 aromatic rings. The van der Waals surface area contributed by atoms with Gasteiger partial charge >= 0.3 is 12.0 Å². The van der Waals surface area contributed by atoms with Gasteiger partial charge in [0.05, 0.1) is 29.9 Å². The number of carbonyl (C=O) groups excluding carboxylic acids is 4. The lowest BCUT2D eigenvalue weighted by Gasteiger charge is -2.26. The molecule has 0 saturated carbocycles. The summed E-state index contributed by atoms with van der Waals surface area (Å²) in [5, 5.41) is 4.36. The van der Waals surface area contributed by atoms with Gasteiger partial charge in [-0.15, -0.1) is 0 Å². The van der Waals surface area contributed by atoms with Crippen molar-refractivity contribution in [3.8, 4) is 11.5 Å². The van der Waals surface area contributed by atoms with E-state index in [1.807, 2.05) is 42.5 Å². The minimum absolute atomic E-state index is 0.175. The van der Waals surface area contributed by atoms with Crippen molar-refractivity contribution in [1.29, 1.82) is 0 Å². The number of carbonyl (C=O) groups is 4. The number of halogens is 1. The van der Waals surface area contributed by atoms with Crippen molar-refractivity contribution >= 4 is 62.3 Å². The molecule has 0 radical (unpaired) electrons. The van der Waals surface area contributed by atoms with Gasteiger partial charge in [-0.2, -0.15) is 0 Å². The Kier molecular flexibility index (Phi) is 7.84. The van der Waals surface area contributed by atoms with Crippen molar-refractivity contribution in [3.63, 3.8) is 0 Å². The van der Waals surface area contributed by atoms with E-state index in [0.29, 0.717) is 21.5 Å². The van der Waals surface area contributed by atoms with Gasteiger partial charge in [0.1, 0.15) is 12.2 Å². The number of fused-ring (bicyclic) bond motifs is 1. The Bertz CT molecular complexity index is 1730. The first-order valence-corrected chi connectivity index (χ1v) is 13.2. The number of nitrogens with one attached hydrogen (secondary N) is 1. The van der Waals surface area contributed by atoms with Crippen molar-refractivity contribution in [3.05, 3.63) is 106 Å². The monoisotopic (exact) mass is 614 g/mol. The lowest BCUT2D eigenvalue weighted by atomic mass is 10.1. The van der Waals surface area contributed by atoms with E-state index < -0.39 is 23.8 Å². The molecule has 1 saturated heterocycles. The summed E-state index contributed by atoms with van der Waals surface area (Å²) < 4.78 is 16.9. The number of esters is 1. The molecule has 1 heterocycles. The third-order valence-electron chi connectivity index (χ3n) is 6.46. The van der Waals surface area contributed by atoms with E-state index in [-0.39, 0.29) is 23.4 Å². The van der Waals surface area contributed by atoms with Crippen LogP contribution < -0.4 is 19.7 Å². The second kappa shape index (κ2) is 11.6. The predicted octanol–water partition coefficient (Wildman–Crippen LogP) is 5.64. The highest BCUT2D eigenvalue weighted by atomic mass is 79.9. The average molecular weight is 615 g/mol. The molecule has 0 bridgehead atoms. The Morgan fingerprint density at radius 2 is 1.68 bits per heavy atom. The third kappa shape index (κ3) is 5.55. The molecule has 1 fully saturated rings. The summed E-state index contributed by atoms with van der Waals surface area (Å²) in [5.41, 5.74) is 1.61. The number of hydrogen-bond donors (Lipinski definition) is 1. The molecule has 0 atom stereocenters. The van der Waals surface area contributed by atoms with Crippen LogP contribution in [0.3, 0.4) is 0 Å². The fraction of sp³-hybridized carbons (Fsp3) is 0.0968. The molecule has 4 aromatic carbocycles. The standard InChI is InChI=1S/C31H23BrN2O7/c1-39-26-16-18(15-25(32)27(26)41-17-21-8-5-7-19-6-3-4-9-23(19)21)14-24-28(35)33-31(38)34(29(24)36)22-12-10-20(11-13-22)30(37)40-2/h3-16H,17H2,1-2H3,(H,33,35,38)/b24-14+. The quantitative estimate of drug-likeness (QED) is 0.163. The predicted molar refractivity (Wildman–Crippen MR) is 156 cm³/mol. The minimum Gasteiger partial charge on any atom is -0.493 e. The van der Waals surface area contributed by atoms with E-state index in [4.69, 9.17) is 9.47 Å². The summed E-state index contributed by atoms with van der Waals surface area (Å²) in [7, 11) is 2.73. The summed E-state index contributed by atoms with van der Waals surface area (Å²) >= 11 is 3.52. The molecule has 41 heavy (non-hydrogen) atoms. The normalized spacial score (nSPS) is 14.3. The highest BCUT2D eigenvalue weighted by Crippen LogP contribution is 2.38. The molecule has 1 aliphatic heterocycles. The Hall–Kier alpha value is -4.96. The van der Waals surface area contributed by atoms with Gasteiger partial charge in [0.25, 0.3) is 11.8 Å². The minimum atomic E-state index is -0.904. The van der Waals surface area contributed by atoms with Crippen LogP contribution in [0.5, 0.6) is 11.5 Å². The van der Waals surface area contributed by atoms with E-state index in [9.17, 15) is 19.2 Å². The molecule has 5 rings (SSSR count). The first-order chi connectivity index (χ1) is 19.8. The summed E-state index contributed by atoms with van der Waals surface area (Å²) in [4.78, 5) is 51.1. The van der Waals surface area contributed by atoms with Gasteiger partial charge in [0.15, 0.2) is 11.5 Å². The topological polar surface area (TPSA) is 111 Å². The molecule has 206 valence electrons. The summed E-state index contributed by atoms with van der Waals surface area (Å²) in [5.74, 6) is -1.40. The van der Waals surface area contributed by atoms with Crippen molar-refractivity contribution in [2.24, 2.45) is 0 Å². The molecule has 1 aliphatic rings. The van der Waals surface area contributed by atoms with E-state index >= 15 is 0 Å². The van der Waals surface area contributed by atoms with Gasteiger partial charge in [-0.25, -0.2) is 14.5 Å². The molecule has 10 heteroatoms. The van der Waals surface area contributed by atoms with Crippen LogP contribution in [0.4, 0.5) is 10.5 Å². The second-order valence-corrected chi connectivity index (χ2v) is 9.81. The first kappa shape index (κ1) is 27.6. The zero-order valence-electron chi connectivity index (χ0n) is 22.0. The van der Waals surface area contributed by atoms with Gasteiger partial charge in [-0.1, -0.05) is 42.5 Å². The summed E-state index contributed by atoms with van der Waals surface area (Å²) in [6.45, 7) is 0.281. The number of barbiturate groups is 1. The molecule has 1 N–H and O–H groups in total. The Morgan fingerprint density at radius 3 is 2.41 bits per heavy atom. The van der Waals surface area contributed by atoms with Crippen LogP contribution in [0.1, 0.15) is 21.5 Å². The molecule has 0 spiro atoms. The zero-order chi connectivity index (χ0) is 29.1. The molecule has 4 amide bonds. The molecule has 0 unspecified atom stereocenters. The highest BCUT2D eigenvalue weighted by molar-refractivity contribution is 9.10. The summed E-state index contributed by atoms with van der Waals surface area (Å²) in [6, 6.07) is 22.1. The zero-order valence-corrected chi connectivity index (χ0v) is 23.6. The van der Waals surface area contributed by atoms with E-state index in [2.05, 4.69) is 26.0 Å². The fourth-order valence-electron chi connectivity index (χ4n) is 4.45. The molecule has 0 aliphatic carbocycles. The van der Waals surface area contributed by atoms with E-state index in [0.717, 1.165) is 21.2 Å². The van der Waals surface area contributed by atoms with Crippen molar-refractivity contribution < 1.29 is 33.4 Å². The molecular formula is C31H23BrN2O7. The summed E-state index contributed by atoms with van der Waals surface area (Å²) in [6.07, 6.45) is 1.36. The van der Waals surface area contributed by atoms with Gasteiger partial charge in [-0.05, 0) is 80.3 Å². The number of amides is 4. The van der Waals surface area contributed by atoms with E-state index in [1.54, 1.807) is 12.1 Å². The number of nitrogens with zero attached hydrogens (tertiary/aromatic N) is 1. The number of benzene rings is 4. The maximum atomic E-state index is 13.3. The number of ether oxygens (including phenoxy) is 3. The van der Waals surface area contributed by atoms with Gasteiger partial charge < -0.3 is 14.2 Å². The Morgan fingerprint density at radius 1 is 0.951 bits per heavy atom. The maximum absolute atomic E-state index is 13.3. The van der Waals surface area contributed by atoms with Crippen LogP contribution in [0.15, 0.2) is 88.9 Å². The molecule has 9 nitrogen and oxygen atoms in total. The smallest absolute Gasteiger partial charge is 0.337 e. The molecular weight excluding hydrogens is 592 g/mol. The van der Waals surface area contributed by atoms with Crippen LogP contribution in [-0.2, 0) is 20.9 Å². The van der Waals surface area contributed by atoms with Crippen molar-refractivity contribution in [2.75, 3.05) is 19.1 Å². The highest BCUT2D eigenvalue weighted by Gasteiger charge is 2.37. The Balaban J connectivity index is 1.42. The van der Waals surface area contributed by atoms with Crippen molar-refractivity contribution in [2.45, 2.75) is 6.61 Å². The lowest BCUT2D eigenvalue weighted by Crippen LogP contribution is -2.54. The van der Waals surface area contributed by atoms with Crippen LogP contribution in [0.2, 0.25) is 0 Å². The average Bonchev–Trinajstić information content (AvgIpc) is 2.98. The number of imide groups is 2. The van der Waals surface area contributed by atoms with E-state index in [1.165, 1.54) is 44.6 Å².